The Morgan fingerprint density at radius 2 is 1.82 bits per heavy atom. The molecule has 0 saturated heterocycles. The van der Waals surface area contributed by atoms with Crippen molar-refractivity contribution in [2.45, 2.75) is 19.8 Å². The number of aryl methyl sites for hydroxylation is 1. The van der Waals surface area contributed by atoms with Gasteiger partial charge in [0.15, 0.2) is 0 Å². The lowest BCUT2D eigenvalue weighted by molar-refractivity contribution is 0.455. The molecule has 2 aromatic carbocycles. The molecule has 1 unspecified atom stereocenters. The van der Waals surface area contributed by atoms with Gasteiger partial charge in [-0.2, -0.15) is 0 Å². The van der Waals surface area contributed by atoms with Crippen LogP contribution >= 0.6 is 0 Å². The first-order chi connectivity index (χ1) is 13.4. The summed E-state index contributed by atoms with van der Waals surface area (Å²) in [5, 5.41) is 22.3. The highest BCUT2D eigenvalue weighted by atomic mass is 16.3. The number of hydrogen-bond donors (Lipinski definition) is 4. The van der Waals surface area contributed by atoms with Crippen LogP contribution in [-0.2, 0) is 0 Å². The molecule has 2 heterocycles. The van der Waals surface area contributed by atoms with E-state index in [1.807, 2.05) is 24.3 Å². The predicted molar refractivity (Wildman–Crippen MR) is 111 cm³/mol. The van der Waals surface area contributed by atoms with Gasteiger partial charge in [0.05, 0.1) is 22.2 Å². The topological polar surface area (TPSA) is 112 Å². The van der Waals surface area contributed by atoms with Crippen molar-refractivity contribution in [1.82, 2.24) is 9.97 Å². The van der Waals surface area contributed by atoms with Gasteiger partial charge in [-0.3, -0.25) is 4.79 Å². The van der Waals surface area contributed by atoms with Crippen molar-refractivity contribution in [2.24, 2.45) is 5.73 Å². The van der Waals surface area contributed by atoms with Crippen LogP contribution in [0.1, 0.15) is 24.1 Å². The average Bonchev–Trinajstić information content (AvgIpc) is 2.68. The van der Waals surface area contributed by atoms with Crippen LogP contribution in [0.2, 0.25) is 0 Å². The van der Waals surface area contributed by atoms with E-state index in [1.54, 1.807) is 19.1 Å². The minimum absolute atomic E-state index is 0.104. The smallest absolute Gasteiger partial charge is 0.260 e. The summed E-state index contributed by atoms with van der Waals surface area (Å²) in [5.41, 5.74) is 8.78. The number of phenols is 1. The molecular formula is C22H21N3O3. The fourth-order valence-corrected chi connectivity index (χ4v) is 3.66. The van der Waals surface area contributed by atoms with Gasteiger partial charge in [-0.05, 0) is 36.6 Å². The standard InChI is InChI=1S/C22H21N3O3/c1-11(10-23)13-6-8-14(9-7-13)17-19-15-4-3-5-16(26)18(15)22(28)25-20(19)12(2)24-21(17)27/h3-9,11,26H,10,23H2,1-2H3,(H,24,27)(H,25,28). The molecule has 6 heteroatoms. The van der Waals surface area contributed by atoms with Gasteiger partial charge in [0, 0.05) is 10.8 Å². The maximum absolute atomic E-state index is 12.5. The molecule has 0 fully saturated rings. The number of nitrogens with one attached hydrogen (secondary N) is 1. The van der Waals surface area contributed by atoms with Crippen molar-refractivity contribution in [3.8, 4) is 22.8 Å². The SMILES string of the molecule is Cc1nc(O)c(-c2ccc(C(C)CN)cc2)c2c1[nH]c(=O)c1c(O)cccc12. The van der Waals surface area contributed by atoms with E-state index in [9.17, 15) is 15.0 Å². The van der Waals surface area contributed by atoms with Crippen LogP contribution < -0.4 is 11.3 Å². The number of H-pyrrole nitrogens is 1. The van der Waals surface area contributed by atoms with Crippen LogP contribution in [0.4, 0.5) is 0 Å². The molecule has 28 heavy (non-hydrogen) atoms. The normalized spacial score (nSPS) is 12.5. The number of nitrogens with two attached hydrogens (primary N) is 1. The minimum Gasteiger partial charge on any atom is -0.507 e. The molecule has 0 spiro atoms. The first-order valence-corrected chi connectivity index (χ1v) is 9.10. The average molecular weight is 375 g/mol. The Morgan fingerprint density at radius 3 is 2.50 bits per heavy atom. The van der Waals surface area contributed by atoms with Gasteiger partial charge in [-0.1, -0.05) is 43.3 Å². The second-order valence-electron chi connectivity index (χ2n) is 7.06. The minimum atomic E-state index is -0.394. The number of aromatic hydroxyl groups is 2. The van der Waals surface area contributed by atoms with Crippen molar-refractivity contribution in [2.75, 3.05) is 6.54 Å². The summed E-state index contributed by atoms with van der Waals surface area (Å²) in [6.07, 6.45) is 0. The molecule has 0 aliphatic rings. The monoisotopic (exact) mass is 375 g/mol. The van der Waals surface area contributed by atoms with Gasteiger partial charge in [-0.25, -0.2) is 4.98 Å². The third-order valence-corrected chi connectivity index (χ3v) is 5.26. The second kappa shape index (κ2) is 6.65. The van der Waals surface area contributed by atoms with E-state index < -0.39 is 5.56 Å². The molecule has 5 N–H and O–H groups in total. The van der Waals surface area contributed by atoms with Gasteiger partial charge in [0.1, 0.15) is 5.75 Å². The summed E-state index contributed by atoms with van der Waals surface area (Å²) in [6.45, 7) is 4.32. The molecule has 0 aliphatic heterocycles. The maximum atomic E-state index is 12.5. The van der Waals surface area contributed by atoms with Gasteiger partial charge < -0.3 is 20.9 Å². The van der Waals surface area contributed by atoms with Crippen LogP contribution in [0.25, 0.3) is 32.8 Å². The van der Waals surface area contributed by atoms with E-state index in [-0.39, 0.29) is 22.9 Å². The van der Waals surface area contributed by atoms with Gasteiger partial charge in [0.25, 0.3) is 5.56 Å². The molecule has 0 aliphatic carbocycles. The van der Waals surface area contributed by atoms with E-state index in [0.717, 1.165) is 11.1 Å². The van der Waals surface area contributed by atoms with E-state index >= 15 is 0 Å². The summed E-state index contributed by atoms with van der Waals surface area (Å²) < 4.78 is 0. The Bertz CT molecular complexity index is 1260. The van der Waals surface area contributed by atoms with Crippen molar-refractivity contribution in [1.29, 1.82) is 0 Å². The Morgan fingerprint density at radius 1 is 1.11 bits per heavy atom. The number of rotatable bonds is 3. The number of pyridine rings is 2. The van der Waals surface area contributed by atoms with Crippen LogP contribution in [0.15, 0.2) is 47.3 Å². The quantitative estimate of drug-likeness (QED) is 0.409. The number of fused-ring (bicyclic) bond motifs is 3. The molecule has 6 nitrogen and oxygen atoms in total. The number of aromatic nitrogens is 2. The number of hydrogen-bond acceptors (Lipinski definition) is 5. The van der Waals surface area contributed by atoms with Gasteiger partial charge in [0.2, 0.25) is 5.88 Å². The maximum Gasteiger partial charge on any atom is 0.260 e. The van der Waals surface area contributed by atoms with E-state index in [4.69, 9.17) is 5.73 Å². The summed E-state index contributed by atoms with van der Waals surface area (Å²) in [6, 6.07) is 12.7. The summed E-state index contributed by atoms with van der Waals surface area (Å²) in [5.74, 6) is -0.00125. The Labute approximate surface area is 161 Å². The number of benzene rings is 2. The van der Waals surface area contributed by atoms with Crippen molar-refractivity contribution in [3.63, 3.8) is 0 Å². The Balaban J connectivity index is 2.12. The molecule has 4 aromatic rings. The van der Waals surface area contributed by atoms with E-state index in [2.05, 4.69) is 16.9 Å². The third kappa shape index (κ3) is 2.70. The lowest BCUT2D eigenvalue weighted by Crippen LogP contribution is -2.09. The first kappa shape index (κ1) is 18.0. The molecular weight excluding hydrogens is 354 g/mol. The van der Waals surface area contributed by atoms with Crippen molar-refractivity contribution >= 4 is 21.7 Å². The first-order valence-electron chi connectivity index (χ1n) is 9.10. The summed E-state index contributed by atoms with van der Waals surface area (Å²) in [7, 11) is 0. The Kier molecular flexibility index (Phi) is 4.28. The highest BCUT2D eigenvalue weighted by Crippen LogP contribution is 2.40. The molecule has 0 radical (unpaired) electrons. The van der Waals surface area contributed by atoms with Gasteiger partial charge >= 0.3 is 0 Å². The molecule has 0 amide bonds. The van der Waals surface area contributed by atoms with Crippen LogP contribution in [-0.4, -0.2) is 26.7 Å². The van der Waals surface area contributed by atoms with Crippen LogP contribution in [0, 0.1) is 6.92 Å². The molecule has 0 bridgehead atoms. The summed E-state index contributed by atoms with van der Waals surface area (Å²) >= 11 is 0. The predicted octanol–water partition coefficient (Wildman–Crippen LogP) is 3.53. The van der Waals surface area contributed by atoms with E-state index in [0.29, 0.717) is 34.1 Å². The molecule has 1 atom stereocenters. The van der Waals surface area contributed by atoms with Crippen LogP contribution in [0.3, 0.4) is 0 Å². The highest BCUT2D eigenvalue weighted by molar-refractivity contribution is 6.15. The lowest BCUT2D eigenvalue weighted by atomic mass is 9.94. The zero-order valence-electron chi connectivity index (χ0n) is 15.7. The number of aromatic amines is 1. The number of phenolic OH excluding ortho intramolecular Hbond substituents is 1. The molecule has 2 aromatic heterocycles. The third-order valence-electron chi connectivity index (χ3n) is 5.26. The fraction of sp³-hybridized carbons (Fsp3) is 0.182. The zero-order chi connectivity index (χ0) is 20.0. The highest BCUT2D eigenvalue weighted by Gasteiger charge is 2.19. The fourth-order valence-electron chi connectivity index (χ4n) is 3.66. The second-order valence-corrected chi connectivity index (χ2v) is 7.06. The Hall–Kier alpha value is -3.38. The molecule has 0 saturated carbocycles. The summed E-state index contributed by atoms with van der Waals surface area (Å²) in [4.78, 5) is 19.6. The van der Waals surface area contributed by atoms with E-state index in [1.165, 1.54) is 6.07 Å². The molecule has 142 valence electrons. The largest absolute Gasteiger partial charge is 0.507 e. The van der Waals surface area contributed by atoms with Crippen molar-refractivity contribution < 1.29 is 10.2 Å². The van der Waals surface area contributed by atoms with Crippen molar-refractivity contribution in [3.05, 3.63) is 64.1 Å². The van der Waals surface area contributed by atoms with Crippen LogP contribution in [0.5, 0.6) is 11.6 Å². The number of nitrogens with zero attached hydrogens (tertiary/aromatic N) is 1. The zero-order valence-corrected chi connectivity index (χ0v) is 15.7. The van der Waals surface area contributed by atoms with Gasteiger partial charge in [-0.15, -0.1) is 0 Å². The molecule has 4 rings (SSSR count). The lowest BCUT2D eigenvalue weighted by Gasteiger charge is -2.15.